The summed E-state index contributed by atoms with van der Waals surface area (Å²) in [7, 11) is 0. The van der Waals surface area contributed by atoms with E-state index in [1.54, 1.807) is 0 Å². The van der Waals surface area contributed by atoms with E-state index in [0.717, 1.165) is 16.7 Å². The largest absolute Gasteiger partial charge is 0.349 e. The number of hydrogen-bond donors (Lipinski definition) is 1. The van der Waals surface area contributed by atoms with Crippen LogP contribution in [0.15, 0.2) is 54.6 Å². The molecular weight excluding hydrogens is 326 g/mol. The van der Waals surface area contributed by atoms with Gasteiger partial charge in [0.2, 0.25) is 5.91 Å². The average molecular weight is 351 g/mol. The summed E-state index contributed by atoms with van der Waals surface area (Å²) in [6.07, 6.45) is 0.947. The van der Waals surface area contributed by atoms with E-state index in [4.69, 9.17) is 0 Å². The average Bonchev–Trinajstić information content (AvgIpc) is 2.62. The van der Waals surface area contributed by atoms with Crippen molar-refractivity contribution in [3.63, 3.8) is 0 Å². The number of aryl methyl sites for hydroxylation is 1. The summed E-state index contributed by atoms with van der Waals surface area (Å²) < 4.78 is 0. The molecule has 1 amide bonds. The highest BCUT2D eigenvalue weighted by Crippen LogP contribution is 2.15. The van der Waals surface area contributed by atoms with Crippen LogP contribution in [0.4, 0.5) is 0 Å². The molecule has 2 aromatic rings. The lowest BCUT2D eigenvalue weighted by Crippen LogP contribution is -2.36. The predicted octanol–water partition coefficient (Wildman–Crippen LogP) is 3.06. The Bertz CT molecular complexity index is 751. The summed E-state index contributed by atoms with van der Waals surface area (Å²) >= 11 is 0. The van der Waals surface area contributed by atoms with Crippen LogP contribution in [0.1, 0.15) is 30.0 Å². The van der Waals surface area contributed by atoms with Crippen LogP contribution in [0.25, 0.3) is 0 Å². The van der Waals surface area contributed by atoms with Crippen molar-refractivity contribution < 1.29 is 14.4 Å². The Kier molecular flexibility index (Phi) is 7.27. The van der Waals surface area contributed by atoms with E-state index in [1.165, 1.54) is 6.92 Å². The minimum atomic E-state index is -0.477. The smallest absolute Gasteiger partial charge is 0.224 e. The number of rotatable bonds is 9. The van der Waals surface area contributed by atoms with Crippen molar-refractivity contribution in [1.29, 1.82) is 0 Å². The molecule has 0 fully saturated rings. The van der Waals surface area contributed by atoms with Gasteiger partial charge in [-0.05, 0) is 31.4 Å². The molecule has 26 heavy (non-hydrogen) atoms. The second-order valence-electron chi connectivity index (χ2n) is 6.71. The Labute approximate surface area is 154 Å². The molecule has 0 aliphatic rings. The fraction of sp³-hybridized carbons (Fsp3) is 0.318. The van der Waals surface area contributed by atoms with Crippen LogP contribution in [-0.2, 0) is 27.2 Å². The molecule has 1 atom stereocenters. The second-order valence-corrected chi connectivity index (χ2v) is 6.71. The number of nitrogens with one attached hydrogen (secondary N) is 1. The van der Waals surface area contributed by atoms with Gasteiger partial charge in [-0.25, -0.2) is 0 Å². The molecule has 0 unspecified atom stereocenters. The van der Waals surface area contributed by atoms with Gasteiger partial charge >= 0.3 is 0 Å². The third-order valence-corrected chi connectivity index (χ3v) is 4.20. The number of ketones is 2. The van der Waals surface area contributed by atoms with Crippen molar-refractivity contribution in [2.45, 2.75) is 33.1 Å². The lowest BCUT2D eigenvalue weighted by molar-refractivity contribution is -0.130. The summed E-state index contributed by atoms with van der Waals surface area (Å²) in [5.41, 5.74) is 3.09. The molecule has 0 spiro atoms. The van der Waals surface area contributed by atoms with Gasteiger partial charge < -0.3 is 5.32 Å². The molecule has 4 heteroatoms. The normalized spacial score (nSPS) is 11.6. The molecule has 0 aromatic heterocycles. The first kappa shape index (κ1) is 19.6. The molecule has 1 N–H and O–H groups in total. The van der Waals surface area contributed by atoms with Gasteiger partial charge in [0.1, 0.15) is 11.6 Å². The molecule has 4 nitrogen and oxygen atoms in total. The first-order valence-corrected chi connectivity index (χ1v) is 8.82. The maximum Gasteiger partial charge on any atom is 0.224 e. The Hall–Kier alpha value is -2.75. The van der Waals surface area contributed by atoms with Crippen LogP contribution < -0.4 is 5.32 Å². The highest BCUT2D eigenvalue weighted by molar-refractivity contribution is 5.90. The van der Waals surface area contributed by atoms with E-state index in [9.17, 15) is 14.4 Å². The Morgan fingerprint density at radius 2 is 1.58 bits per heavy atom. The van der Waals surface area contributed by atoms with E-state index in [1.807, 2.05) is 61.5 Å². The summed E-state index contributed by atoms with van der Waals surface area (Å²) in [6.45, 7) is 3.42. The lowest BCUT2D eigenvalue weighted by Gasteiger charge is -2.16. The van der Waals surface area contributed by atoms with Crippen LogP contribution in [0, 0.1) is 12.8 Å². The molecule has 0 heterocycles. The minimum absolute atomic E-state index is 0.00369. The van der Waals surface area contributed by atoms with Crippen LogP contribution in [-0.4, -0.2) is 24.0 Å². The maximum absolute atomic E-state index is 12.5. The maximum atomic E-state index is 12.5. The summed E-state index contributed by atoms with van der Waals surface area (Å²) in [5, 5.41) is 2.64. The SMILES string of the molecule is CC(=O)CNC(=O)[C@@H](CC(=O)Cc1ccc(C)cc1)Cc1ccccc1. The molecule has 0 radical (unpaired) electrons. The zero-order valence-electron chi connectivity index (χ0n) is 15.3. The van der Waals surface area contributed by atoms with Crippen molar-refractivity contribution in [2.24, 2.45) is 5.92 Å². The third-order valence-electron chi connectivity index (χ3n) is 4.20. The van der Waals surface area contributed by atoms with Crippen LogP contribution >= 0.6 is 0 Å². The van der Waals surface area contributed by atoms with E-state index < -0.39 is 5.92 Å². The summed E-state index contributed by atoms with van der Waals surface area (Å²) in [4.78, 5) is 36.1. The number of Topliss-reactive ketones (excluding diaryl/α,β-unsaturated/α-hetero) is 2. The second kappa shape index (κ2) is 9.66. The fourth-order valence-corrected chi connectivity index (χ4v) is 2.79. The van der Waals surface area contributed by atoms with E-state index in [-0.39, 0.29) is 30.4 Å². The Balaban J connectivity index is 2.04. The minimum Gasteiger partial charge on any atom is -0.349 e. The molecule has 0 bridgehead atoms. The highest BCUT2D eigenvalue weighted by Gasteiger charge is 2.22. The molecule has 2 rings (SSSR count). The van der Waals surface area contributed by atoms with Crippen molar-refractivity contribution >= 4 is 17.5 Å². The van der Waals surface area contributed by atoms with Gasteiger partial charge in [-0.2, -0.15) is 0 Å². The first-order chi connectivity index (χ1) is 12.4. The van der Waals surface area contributed by atoms with Crippen LogP contribution in [0.2, 0.25) is 0 Å². The van der Waals surface area contributed by atoms with Crippen molar-refractivity contribution in [2.75, 3.05) is 6.54 Å². The van der Waals surface area contributed by atoms with Gasteiger partial charge in [0, 0.05) is 18.8 Å². The van der Waals surface area contributed by atoms with Gasteiger partial charge in [0.25, 0.3) is 0 Å². The topological polar surface area (TPSA) is 63.2 Å². The van der Waals surface area contributed by atoms with Crippen molar-refractivity contribution in [3.8, 4) is 0 Å². The van der Waals surface area contributed by atoms with Crippen LogP contribution in [0.5, 0.6) is 0 Å². The fourth-order valence-electron chi connectivity index (χ4n) is 2.79. The van der Waals surface area contributed by atoms with Crippen LogP contribution in [0.3, 0.4) is 0 Å². The molecule has 0 aliphatic carbocycles. The number of hydrogen-bond acceptors (Lipinski definition) is 3. The number of benzene rings is 2. The zero-order chi connectivity index (χ0) is 18.9. The van der Waals surface area contributed by atoms with E-state index in [2.05, 4.69) is 5.32 Å². The van der Waals surface area contributed by atoms with Gasteiger partial charge in [-0.3, -0.25) is 14.4 Å². The lowest BCUT2D eigenvalue weighted by atomic mass is 9.91. The predicted molar refractivity (Wildman–Crippen MR) is 102 cm³/mol. The third kappa shape index (κ3) is 6.63. The van der Waals surface area contributed by atoms with Gasteiger partial charge in [-0.1, -0.05) is 60.2 Å². The molecular formula is C22H25NO3. The van der Waals surface area contributed by atoms with E-state index >= 15 is 0 Å². The summed E-state index contributed by atoms with van der Waals surface area (Å²) in [6, 6.07) is 17.4. The zero-order valence-corrected chi connectivity index (χ0v) is 15.3. The molecule has 0 saturated carbocycles. The van der Waals surface area contributed by atoms with Gasteiger partial charge in [0.15, 0.2) is 0 Å². The summed E-state index contributed by atoms with van der Waals surface area (Å²) in [5.74, 6) is -0.813. The first-order valence-electron chi connectivity index (χ1n) is 8.82. The van der Waals surface area contributed by atoms with E-state index in [0.29, 0.717) is 12.8 Å². The van der Waals surface area contributed by atoms with Crippen molar-refractivity contribution in [3.05, 3.63) is 71.3 Å². The van der Waals surface area contributed by atoms with Gasteiger partial charge in [0.05, 0.1) is 6.54 Å². The number of amides is 1. The van der Waals surface area contributed by atoms with Crippen molar-refractivity contribution in [1.82, 2.24) is 5.32 Å². The number of carbonyl (C=O) groups excluding carboxylic acids is 3. The Morgan fingerprint density at radius 3 is 2.19 bits per heavy atom. The molecule has 2 aromatic carbocycles. The molecule has 0 saturated heterocycles. The Morgan fingerprint density at radius 1 is 0.923 bits per heavy atom. The van der Waals surface area contributed by atoms with Gasteiger partial charge in [-0.15, -0.1) is 0 Å². The number of carbonyl (C=O) groups is 3. The quantitative estimate of drug-likeness (QED) is 0.755. The highest BCUT2D eigenvalue weighted by atomic mass is 16.2. The molecule has 136 valence electrons. The standard InChI is InChI=1S/C22H25NO3/c1-16-8-10-19(11-9-16)13-21(25)14-20(22(26)23-15-17(2)24)12-18-6-4-3-5-7-18/h3-11,20H,12-15H2,1-2H3,(H,23,26)/t20-/m1/s1. The monoisotopic (exact) mass is 351 g/mol. The molecule has 0 aliphatic heterocycles.